The summed E-state index contributed by atoms with van der Waals surface area (Å²) in [4.78, 5) is 26.5. The van der Waals surface area contributed by atoms with Crippen molar-refractivity contribution in [2.75, 3.05) is 44.2 Å². The van der Waals surface area contributed by atoms with Crippen LogP contribution in [-0.2, 0) is 6.54 Å². The van der Waals surface area contributed by atoms with Crippen LogP contribution in [0.3, 0.4) is 0 Å². The van der Waals surface area contributed by atoms with E-state index in [0.717, 1.165) is 54.7 Å². The molecule has 1 aliphatic rings. The topological polar surface area (TPSA) is 83.7 Å². The number of hydrogen-bond donors (Lipinski definition) is 1. The van der Waals surface area contributed by atoms with Gasteiger partial charge in [0.05, 0.1) is 6.54 Å². The van der Waals surface area contributed by atoms with Crippen LogP contribution in [0.4, 0.5) is 5.13 Å². The Morgan fingerprint density at radius 3 is 2.71 bits per heavy atom. The van der Waals surface area contributed by atoms with Crippen molar-refractivity contribution in [1.82, 2.24) is 19.4 Å². The molecule has 3 aromatic rings. The molecule has 3 heterocycles. The summed E-state index contributed by atoms with van der Waals surface area (Å²) in [7, 11) is 0. The minimum atomic E-state index is -0.827. The Hall–Kier alpha value is -2.49. The summed E-state index contributed by atoms with van der Waals surface area (Å²) in [5.74, 6) is 0.737. The van der Waals surface area contributed by atoms with Gasteiger partial charge in [-0.25, -0.2) is 4.98 Å². The molecular weight excluding hydrogens is 414 g/mol. The maximum atomic E-state index is 12.9. The van der Waals surface area contributed by atoms with Crippen molar-refractivity contribution in [2.45, 2.75) is 33.4 Å². The van der Waals surface area contributed by atoms with Gasteiger partial charge in [-0.2, -0.15) is 4.98 Å². The lowest BCUT2D eigenvalue weighted by molar-refractivity contribution is 0.0911. The third kappa shape index (κ3) is 4.89. The molecule has 0 saturated carbocycles. The Kier molecular flexibility index (Phi) is 6.54. The largest absolute Gasteiger partial charge is 0.491 e. The fraction of sp³-hybridized carbons (Fsp3) is 0.500. The molecule has 9 heteroatoms. The van der Waals surface area contributed by atoms with Gasteiger partial charge in [0, 0.05) is 26.2 Å². The van der Waals surface area contributed by atoms with Crippen molar-refractivity contribution >= 4 is 26.8 Å². The zero-order valence-electron chi connectivity index (χ0n) is 18.2. The summed E-state index contributed by atoms with van der Waals surface area (Å²) in [6, 6.07) is 5.91. The second-order valence-electron chi connectivity index (χ2n) is 8.01. The number of aromatic nitrogens is 3. The summed E-state index contributed by atoms with van der Waals surface area (Å²) >= 11 is 1.38. The number of ether oxygens (including phenoxy) is 1. The molecule has 1 fully saturated rings. The number of nitrogens with zero attached hydrogens (tertiary/aromatic N) is 5. The summed E-state index contributed by atoms with van der Waals surface area (Å²) in [6.45, 7) is 11.2. The maximum absolute atomic E-state index is 12.9. The molecule has 8 nitrogen and oxygen atoms in total. The van der Waals surface area contributed by atoms with Gasteiger partial charge < -0.3 is 19.6 Å². The average Bonchev–Trinajstić information content (AvgIpc) is 3.20. The average molecular weight is 444 g/mol. The van der Waals surface area contributed by atoms with Crippen LogP contribution in [0.15, 0.2) is 29.3 Å². The molecule has 1 atom stereocenters. The molecule has 1 unspecified atom stereocenters. The Labute approximate surface area is 185 Å². The van der Waals surface area contributed by atoms with Crippen LogP contribution in [0.1, 0.15) is 18.1 Å². The molecule has 0 radical (unpaired) electrons. The lowest BCUT2D eigenvalue weighted by atomic mass is 10.1. The van der Waals surface area contributed by atoms with Crippen molar-refractivity contribution in [2.24, 2.45) is 0 Å². The van der Waals surface area contributed by atoms with Gasteiger partial charge >= 0.3 is 0 Å². The lowest BCUT2D eigenvalue weighted by Crippen LogP contribution is -2.46. The highest BCUT2D eigenvalue weighted by Gasteiger charge is 2.21. The highest BCUT2D eigenvalue weighted by molar-refractivity contribution is 7.22. The Bertz CT molecular complexity index is 1100. The SMILES string of the molecule is CCN1CCN(c2nc3ncn(CC(O)COc4ccc(C)cc4C)c(=O)c3s2)CC1. The number of aliphatic hydroxyl groups is 1. The van der Waals surface area contributed by atoms with Gasteiger partial charge in [0.25, 0.3) is 5.56 Å². The molecule has 1 aliphatic heterocycles. The molecule has 4 rings (SSSR count). The number of thiazole rings is 1. The van der Waals surface area contributed by atoms with Crippen LogP contribution in [0.5, 0.6) is 5.75 Å². The van der Waals surface area contributed by atoms with Crippen molar-refractivity contribution in [3.8, 4) is 5.75 Å². The third-order valence-corrected chi connectivity index (χ3v) is 6.72. The molecule has 0 spiro atoms. The van der Waals surface area contributed by atoms with E-state index in [2.05, 4.69) is 26.7 Å². The molecular formula is C22H29N5O3S. The number of fused-ring (bicyclic) bond motifs is 1. The quantitative estimate of drug-likeness (QED) is 0.598. The predicted octanol–water partition coefficient (Wildman–Crippen LogP) is 2.05. The molecule has 0 amide bonds. The van der Waals surface area contributed by atoms with E-state index in [0.29, 0.717) is 10.3 Å². The van der Waals surface area contributed by atoms with E-state index >= 15 is 0 Å². The standard InChI is InChI=1S/C22H29N5O3S/c1-4-25-7-9-26(10-8-25)22-24-20-19(31-22)21(29)27(14-23-20)12-17(28)13-30-18-6-5-15(2)11-16(18)3/h5-6,11,14,17,28H,4,7-10,12-13H2,1-3H3. The van der Waals surface area contributed by atoms with Crippen molar-refractivity contribution in [1.29, 1.82) is 0 Å². The van der Waals surface area contributed by atoms with Gasteiger partial charge in [0.15, 0.2) is 10.8 Å². The second kappa shape index (κ2) is 9.33. The van der Waals surface area contributed by atoms with Gasteiger partial charge in [-0.1, -0.05) is 36.0 Å². The van der Waals surface area contributed by atoms with Gasteiger partial charge in [-0.15, -0.1) is 0 Å². The fourth-order valence-electron chi connectivity index (χ4n) is 3.78. The smallest absolute Gasteiger partial charge is 0.273 e. The summed E-state index contributed by atoms with van der Waals surface area (Å²) in [6.07, 6.45) is 0.635. The first-order valence-corrected chi connectivity index (χ1v) is 11.5. The highest BCUT2D eigenvalue weighted by Crippen LogP contribution is 2.26. The molecule has 1 aromatic carbocycles. The van der Waals surface area contributed by atoms with E-state index in [1.165, 1.54) is 22.2 Å². The fourth-order valence-corrected chi connectivity index (χ4v) is 4.80. The molecule has 2 aromatic heterocycles. The number of aliphatic hydroxyl groups excluding tert-OH is 1. The van der Waals surface area contributed by atoms with Gasteiger partial charge in [-0.3, -0.25) is 9.36 Å². The van der Waals surface area contributed by atoms with E-state index in [1.54, 1.807) is 0 Å². The number of hydrogen-bond acceptors (Lipinski definition) is 8. The number of rotatable bonds is 7. The number of aryl methyl sites for hydroxylation is 2. The minimum absolute atomic E-state index is 0.101. The summed E-state index contributed by atoms with van der Waals surface area (Å²) in [5.41, 5.74) is 2.48. The van der Waals surface area contributed by atoms with Gasteiger partial charge in [-0.05, 0) is 32.0 Å². The van der Waals surface area contributed by atoms with E-state index in [4.69, 9.17) is 4.74 Å². The first-order valence-electron chi connectivity index (χ1n) is 10.7. The van der Waals surface area contributed by atoms with Gasteiger partial charge in [0.2, 0.25) is 0 Å². The first kappa shape index (κ1) is 21.7. The van der Waals surface area contributed by atoms with Crippen LogP contribution in [0, 0.1) is 13.8 Å². The Morgan fingerprint density at radius 2 is 2.00 bits per heavy atom. The molecule has 166 valence electrons. The van der Waals surface area contributed by atoms with Crippen molar-refractivity contribution < 1.29 is 9.84 Å². The molecule has 0 aliphatic carbocycles. The van der Waals surface area contributed by atoms with E-state index in [1.807, 2.05) is 32.0 Å². The maximum Gasteiger partial charge on any atom is 0.273 e. The third-order valence-electron chi connectivity index (χ3n) is 5.63. The highest BCUT2D eigenvalue weighted by atomic mass is 32.1. The summed E-state index contributed by atoms with van der Waals surface area (Å²) in [5, 5.41) is 11.3. The molecule has 0 bridgehead atoms. The van der Waals surface area contributed by atoms with E-state index in [-0.39, 0.29) is 18.7 Å². The normalized spacial score (nSPS) is 16.1. The molecule has 31 heavy (non-hydrogen) atoms. The van der Waals surface area contributed by atoms with Crippen LogP contribution in [0.25, 0.3) is 10.3 Å². The molecule has 1 N–H and O–H groups in total. The van der Waals surface area contributed by atoms with Crippen LogP contribution < -0.4 is 15.2 Å². The first-order chi connectivity index (χ1) is 14.9. The predicted molar refractivity (Wildman–Crippen MR) is 123 cm³/mol. The van der Waals surface area contributed by atoms with Crippen molar-refractivity contribution in [3.63, 3.8) is 0 Å². The van der Waals surface area contributed by atoms with Crippen LogP contribution in [-0.4, -0.2) is 70.0 Å². The molecule has 1 saturated heterocycles. The van der Waals surface area contributed by atoms with E-state index < -0.39 is 6.10 Å². The van der Waals surface area contributed by atoms with Crippen molar-refractivity contribution in [3.05, 3.63) is 46.0 Å². The van der Waals surface area contributed by atoms with E-state index in [9.17, 15) is 9.90 Å². The number of anilines is 1. The van der Waals surface area contributed by atoms with Crippen LogP contribution >= 0.6 is 11.3 Å². The second-order valence-corrected chi connectivity index (χ2v) is 8.98. The zero-order valence-corrected chi connectivity index (χ0v) is 19.1. The Morgan fingerprint density at radius 1 is 1.23 bits per heavy atom. The van der Waals surface area contributed by atoms with Crippen LogP contribution in [0.2, 0.25) is 0 Å². The summed E-state index contributed by atoms with van der Waals surface area (Å²) < 4.78 is 7.71. The minimum Gasteiger partial charge on any atom is -0.491 e. The lowest BCUT2D eigenvalue weighted by Gasteiger charge is -2.33. The number of piperazine rings is 1. The number of likely N-dealkylation sites (N-methyl/N-ethyl adjacent to an activating group) is 1. The van der Waals surface area contributed by atoms with Gasteiger partial charge in [0.1, 0.15) is 29.5 Å². The monoisotopic (exact) mass is 443 g/mol. The Balaban J connectivity index is 1.43. The zero-order chi connectivity index (χ0) is 22.0. The number of benzene rings is 1.